The molecule has 0 spiro atoms. The second-order valence-corrected chi connectivity index (χ2v) is 3.10. The maximum atomic E-state index is 11.1. The van der Waals surface area contributed by atoms with E-state index >= 15 is 0 Å². The van der Waals surface area contributed by atoms with Crippen LogP contribution in [0.4, 0.5) is 5.69 Å². The fourth-order valence-corrected chi connectivity index (χ4v) is 1.10. The molecule has 5 nitrogen and oxygen atoms in total. The van der Waals surface area contributed by atoms with Gasteiger partial charge in [-0.25, -0.2) is 4.79 Å². The van der Waals surface area contributed by atoms with Gasteiger partial charge in [0.25, 0.3) is 5.69 Å². The Labute approximate surface area is 98.2 Å². The third-order valence-electron chi connectivity index (χ3n) is 1.84. The van der Waals surface area contributed by atoms with E-state index in [4.69, 9.17) is 4.74 Å². The molecule has 0 aliphatic carbocycles. The Balaban J connectivity index is 2.71. The first-order valence-corrected chi connectivity index (χ1v) is 4.83. The molecule has 0 bridgehead atoms. The highest BCUT2D eigenvalue weighted by Gasteiger charge is 2.04. The number of nitro benzene ring substituents is 1. The van der Waals surface area contributed by atoms with Crippen LogP contribution in [-0.2, 0) is 9.53 Å². The molecule has 1 aromatic carbocycles. The van der Waals surface area contributed by atoms with Gasteiger partial charge in [-0.3, -0.25) is 10.1 Å². The number of carbonyl (C=O) groups excluding carboxylic acids is 1. The van der Waals surface area contributed by atoms with Gasteiger partial charge in [0.05, 0.1) is 4.92 Å². The largest absolute Gasteiger partial charge is 0.458 e. The minimum atomic E-state index is -0.517. The molecule has 0 atom stereocenters. The maximum Gasteiger partial charge on any atom is 0.331 e. The van der Waals surface area contributed by atoms with E-state index in [0.29, 0.717) is 5.56 Å². The van der Waals surface area contributed by atoms with Crippen molar-refractivity contribution >= 4 is 17.7 Å². The molecule has 1 aromatic rings. The maximum absolute atomic E-state index is 11.1. The Morgan fingerprint density at radius 3 is 2.94 bits per heavy atom. The van der Waals surface area contributed by atoms with Crippen molar-refractivity contribution in [3.8, 4) is 0 Å². The first-order chi connectivity index (χ1) is 8.13. The van der Waals surface area contributed by atoms with Crippen LogP contribution in [0.15, 0.2) is 43.0 Å². The summed E-state index contributed by atoms with van der Waals surface area (Å²) in [6.45, 7) is 3.54. The molecule has 1 rings (SSSR count). The molecule has 0 aliphatic heterocycles. The van der Waals surface area contributed by atoms with Crippen LogP contribution in [0.2, 0.25) is 0 Å². The van der Waals surface area contributed by atoms with Gasteiger partial charge in [-0.05, 0) is 11.6 Å². The number of benzene rings is 1. The van der Waals surface area contributed by atoms with Crippen molar-refractivity contribution < 1.29 is 14.5 Å². The predicted octanol–water partition coefficient (Wildman–Crippen LogP) is 2.34. The molecule has 0 radical (unpaired) electrons. The van der Waals surface area contributed by atoms with E-state index in [-0.39, 0.29) is 12.3 Å². The van der Waals surface area contributed by atoms with Gasteiger partial charge in [-0.2, -0.15) is 0 Å². The van der Waals surface area contributed by atoms with Gasteiger partial charge in [-0.1, -0.05) is 24.8 Å². The van der Waals surface area contributed by atoms with Crippen molar-refractivity contribution in [2.75, 3.05) is 6.61 Å². The number of rotatable bonds is 5. The van der Waals surface area contributed by atoms with Crippen LogP contribution in [0.5, 0.6) is 0 Å². The third kappa shape index (κ3) is 4.29. The lowest BCUT2D eigenvalue weighted by atomic mass is 10.2. The lowest BCUT2D eigenvalue weighted by Gasteiger charge is -1.96. The fraction of sp³-hybridized carbons (Fsp3) is 0.0833. The summed E-state index contributed by atoms with van der Waals surface area (Å²) in [6.07, 6.45) is 4.13. The zero-order valence-corrected chi connectivity index (χ0v) is 9.04. The Hall–Kier alpha value is -2.43. The fourth-order valence-electron chi connectivity index (χ4n) is 1.10. The van der Waals surface area contributed by atoms with E-state index in [2.05, 4.69) is 6.58 Å². The summed E-state index contributed by atoms with van der Waals surface area (Å²) in [7, 11) is 0. The van der Waals surface area contributed by atoms with Crippen molar-refractivity contribution in [1.82, 2.24) is 0 Å². The molecule has 0 saturated carbocycles. The van der Waals surface area contributed by atoms with Crippen LogP contribution in [-0.4, -0.2) is 17.5 Å². The average molecular weight is 233 g/mol. The molecule has 0 fully saturated rings. The molecular weight excluding hydrogens is 222 g/mol. The van der Waals surface area contributed by atoms with Crippen LogP contribution in [0.1, 0.15) is 5.56 Å². The van der Waals surface area contributed by atoms with Crippen LogP contribution < -0.4 is 0 Å². The smallest absolute Gasteiger partial charge is 0.331 e. The van der Waals surface area contributed by atoms with E-state index in [0.717, 1.165) is 0 Å². The summed E-state index contributed by atoms with van der Waals surface area (Å²) in [5.41, 5.74) is 0.543. The number of esters is 1. The standard InChI is InChI=1S/C12H11NO4/c1-2-8-17-12(14)7-6-10-4-3-5-11(9-10)13(15)16/h2-7,9H,1,8H2/b7-6+. The molecule has 17 heavy (non-hydrogen) atoms. The van der Waals surface area contributed by atoms with Crippen molar-refractivity contribution in [3.63, 3.8) is 0 Å². The van der Waals surface area contributed by atoms with E-state index in [9.17, 15) is 14.9 Å². The van der Waals surface area contributed by atoms with Crippen LogP contribution in [0.3, 0.4) is 0 Å². The van der Waals surface area contributed by atoms with Gasteiger partial charge >= 0.3 is 5.97 Å². The van der Waals surface area contributed by atoms with Gasteiger partial charge < -0.3 is 4.74 Å². The summed E-state index contributed by atoms with van der Waals surface area (Å²) < 4.78 is 4.71. The minimum Gasteiger partial charge on any atom is -0.458 e. The van der Waals surface area contributed by atoms with E-state index in [1.807, 2.05) is 0 Å². The van der Waals surface area contributed by atoms with Gasteiger partial charge in [0.1, 0.15) is 6.61 Å². The highest BCUT2D eigenvalue weighted by Crippen LogP contribution is 2.14. The summed E-state index contributed by atoms with van der Waals surface area (Å²) in [5.74, 6) is -0.517. The van der Waals surface area contributed by atoms with E-state index in [1.165, 1.54) is 30.4 Å². The normalized spacial score (nSPS) is 10.1. The van der Waals surface area contributed by atoms with Crippen molar-refractivity contribution in [1.29, 1.82) is 0 Å². The molecule has 0 unspecified atom stereocenters. The zero-order valence-electron chi connectivity index (χ0n) is 9.04. The monoisotopic (exact) mass is 233 g/mol. The first-order valence-electron chi connectivity index (χ1n) is 4.83. The number of non-ortho nitro benzene ring substituents is 1. The molecule has 88 valence electrons. The lowest BCUT2D eigenvalue weighted by molar-refractivity contribution is -0.384. The van der Waals surface area contributed by atoms with Crippen molar-refractivity contribution in [3.05, 3.63) is 58.7 Å². The van der Waals surface area contributed by atoms with Crippen LogP contribution in [0, 0.1) is 10.1 Å². The van der Waals surface area contributed by atoms with E-state index < -0.39 is 10.9 Å². The Bertz CT molecular complexity index is 465. The topological polar surface area (TPSA) is 69.4 Å². The number of carbonyl (C=O) groups is 1. The number of hydrogen-bond donors (Lipinski definition) is 0. The van der Waals surface area contributed by atoms with Crippen LogP contribution >= 0.6 is 0 Å². The van der Waals surface area contributed by atoms with Crippen molar-refractivity contribution in [2.24, 2.45) is 0 Å². The quantitative estimate of drug-likeness (QED) is 0.257. The zero-order chi connectivity index (χ0) is 12.7. The SMILES string of the molecule is C=CCOC(=O)/C=C/c1cccc([N+](=O)[O-])c1. The third-order valence-corrected chi connectivity index (χ3v) is 1.84. The van der Waals surface area contributed by atoms with Gasteiger partial charge in [0.2, 0.25) is 0 Å². The first kappa shape index (κ1) is 12.6. The second kappa shape index (κ2) is 6.22. The molecule has 0 N–H and O–H groups in total. The Morgan fingerprint density at radius 1 is 1.53 bits per heavy atom. The number of nitro groups is 1. The van der Waals surface area contributed by atoms with E-state index in [1.54, 1.807) is 12.1 Å². The summed E-state index contributed by atoms with van der Waals surface area (Å²) in [6, 6.07) is 5.96. The minimum absolute atomic E-state index is 0.0217. The number of hydrogen-bond acceptors (Lipinski definition) is 4. The summed E-state index contributed by atoms with van der Waals surface area (Å²) in [4.78, 5) is 21.1. The molecule has 0 heterocycles. The molecule has 0 aromatic heterocycles. The Morgan fingerprint density at radius 2 is 2.29 bits per heavy atom. The lowest BCUT2D eigenvalue weighted by Crippen LogP contribution is -1.99. The predicted molar refractivity (Wildman–Crippen MR) is 63.3 cm³/mol. The molecular formula is C12H11NO4. The van der Waals surface area contributed by atoms with Crippen LogP contribution in [0.25, 0.3) is 6.08 Å². The molecule has 0 aliphatic rings. The second-order valence-electron chi connectivity index (χ2n) is 3.10. The Kier molecular flexibility index (Phi) is 4.62. The van der Waals surface area contributed by atoms with Gasteiger partial charge in [0.15, 0.2) is 0 Å². The molecule has 0 saturated heterocycles. The highest BCUT2D eigenvalue weighted by molar-refractivity contribution is 5.87. The average Bonchev–Trinajstić information content (AvgIpc) is 2.34. The molecule has 5 heteroatoms. The summed E-state index contributed by atoms with van der Waals surface area (Å²) in [5, 5.41) is 10.5. The van der Waals surface area contributed by atoms with Gasteiger partial charge in [0, 0.05) is 18.2 Å². The number of nitrogens with zero attached hydrogens (tertiary/aromatic N) is 1. The van der Waals surface area contributed by atoms with Gasteiger partial charge in [-0.15, -0.1) is 0 Å². The summed E-state index contributed by atoms with van der Waals surface area (Å²) >= 11 is 0. The highest BCUT2D eigenvalue weighted by atomic mass is 16.6. The van der Waals surface area contributed by atoms with Crippen molar-refractivity contribution in [2.45, 2.75) is 0 Å². The molecule has 0 amide bonds. The number of ether oxygens (including phenoxy) is 1.